The summed E-state index contributed by atoms with van der Waals surface area (Å²) in [6, 6.07) is 8.50. The third-order valence-electron chi connectivity index (χ3n) is 3.28. The van der Waals surface area contributed by atoms with Gasteiger partial charge >= 0.3 is 0 Å². The number of piperidine rings is 1. The van der Waals surface area contributed by atoms with Gasteiger partial charge in [-0.15, -0.1) is 12.4 Å². The maximum Gasteiger partial charge on any atom is 0.119 e. The summed E-state index contributed by atoms with van der Waals surface area (Å²) in [4.78, 5) is 2.40. The standard InChI is InChI=1S/C13H19NO.ClH/c1-14-8-6-11(7-9-14)12-4-3-5-13(10-12)15-2;/h3-5,10-11H,6-9H2,1-2H3;1H. The first-order chi connectivity index (χ1) is 7.29. The number of hydrogen-bond acceptors (Lipinski definition) is 2. The van der Waals surface area contributed by atoms with E-state index < -0.39 is 0 Å². The Hall–Kier alpha value is -0.730. The summed E-state index contributed by atoms with van der Waals surface area (Å²) in [6.45, 7) is 2.42. The van der Waals surface area contributed by atoms with Gasteiger partial charge in [0.15, 0.2) is 0 Å². The Labute approximate surface area is 104 Å². The first kappa shape index (κ1) is 13.3. The predicted molar refractivity (Wildman–Crippen MR) is 69.7 cm³/mol. The molecule has 0 aliphatic carbocycles. The molecule has 1 saturated heterocycles. The van der Waals surface area contributed by atoms with E-state index in [-0.39, 0.29) is 12.4 Å². The van der Waals surface area contributed by atoms with E-state index in [1.54, 1.807) is 7.11 Å². The fourth-order valence-electron chi connectivity index (χ4n) is 2.24. The smallest absolute Gasteiger partial charge is 0.119 e. The average Bonchev–Trinajstić information content (AvgIpc) is 2.30. The Kier molecular flexibility index (Phi) is 5.10. The van der Waals surface area contributed by atoms with Crippen LogP contribution >= 0.6 is 12.4 Å². The van der Waals surface area contributed by atoms with E-state index >= 15 is 0 Å². The van der Waals surface area contributed by atoms with E-state index in [4.69, 9.17) is 4.74 Å². The summed E-state index contributed by atoms with van der Waals surface area (Å²) in [5, 5.41) is 0. The monoisotopic (exact) mass is 241 g/mol. The predicted octanol–water partition coefficient (Wildman–Crippen LogP) is 2.93. The summed E-state index contributed by atoms with van der Waals surface area (Å²) in [6.07, 6.45) is 2.54. The normalized spacial score (nSPS) is 17.9. The highest BCUT2D eigenvalue weighted by atomic mass is 35.5. The van der Waals surface area contributed by atoms with Crippen molar-refractivity contribution in [2.75, 3.05) is 27.2 Å². The van der Waals surface area contributed by atoms with Crippen molar-refractivity contribution in [1.82, 2.24) is 4.90 Å². The van der Waals surface area contributed by atoms with Gasteiger partial charge in [-0.2, -0.15) is 0 Å². The van der Waals surface area contributed by atoms with Gasteiger partial charge in [-0.1, -0.05) is 12.1 Å². The highest BCUT2D eigenvalue weighted by Gasteiger charge is 2.18. The second-order valence-corrected chi connectivity index (χ2v) is 4.35. The Morgan fingerprint density at radius 1 is 1.25 bits per heavy atom. The summed E-state index contributed by atoms with van der Waals surface area (Å²) in [7, 11) is 3.93. The van der Waals surface area contributed by atoms with Crippen molar-refractivity contribution in [3.63, 3.8) is 0 Å². The molecule has 0 spiro atoms. The highest BCUT2D eigenvalue weighted by Crippen LogP contribution is 2.29. The molecular weight excluding hydrogens is 222 g/mol. The van der Waals surface area contributed by atoms with E-state index in [2.05, 4.69) is 30.1 Å². The number of benzene rings is 1. The molecule has 0 aromatic heterocycles. The van der Waals surface area contributed by atoms with Crippen LogP contribution in [0.1, 0.15) is 24.3 Å². The first-order valence-corrected chi connectivity index (χ1v) is 5.62. The molecule has 1 fully saturated rings. The molecule has 0 saturated carbocycles. The fourth-order valence-corrected chi connectivity index (χ4v) is 2.24. The molecule has 16 heavy (non-hydrogen) atoms. The average molecular weight is 242 g/mol. The molecule has 2 nitrogen and oxygen atoms in total. The van der Waals surface area contributed by atoms with Crippen LogP contribution in [0.15, 0.2) is 24.3 Å². The Balaban J connectivity index is 0.00000128. The minimum atomic E-state index is 0. The molecule has 1 aliphatic heterocycles. The molecule has 2 rings (SSSR count). The molecule has 0 radical (unpaired) electrons. The van der Waals surface area contributed by atoms with E-state index in [1.165, 1.54) is 31.5 Å². The van der Waals surface area contributed by atoms with Crippen LogP contribution in [0, 0.1) is 0 Å². The van der Waals surface area contributed by atoms with E-state index in [9.17, 15) is 0 Å². The number of nitrogens with zero attached hydrogens (tertiary/aromatic N) is 1. The van der Waals surface area contributed by atoms with Crippen LogP contribution in [-0.2, 0) is 0 Å². The maximum absolute atomic E-state index is 5.26. The van der Waals surface area contributed by atoms with Crippen LogP contribution in [0.3, 0.4) is 0 Å². The molecule has 0 bridgehead atoms. The molecule has 90 valence electrons. The summed E-state index contributed by atoms with van der Waals surface area (Å²) in [5.74, 6) is 1.70. The van der Waals surface area contributed by atoms with Crippen molar-refractivity contribution in [1.29, 1.82) is 0 Å². The molecule has 1 aromatic carbocycles. The second kappa shape index (κ2) is 6.12. The van der Waals surface area contributed by atoms with Crippen LogP contribution in [-0.4, -0.2) is 32.1 Å². The van der Waals surface area contributed by atoms with Crippen molar-refractivity contribution in [3.05, 3.63) is 29.8 Å². The minimum absolute atomic E-state index is 0. The largest absolute Gasteiger partial charge is 0.497 e. The lowest BCUT2D eigenvalue weighted by atomic mass is 9.89. The molecule has 0 amide bonds. The van der Waals surface area contributed by atoms with Gasteiger partial charge in [0.05, 0.1) is 7.11 Å². The molecule has 1 aliphatic rings. The van der Waals surface area contributed by atoms with Gasteiger partial charge < -0.3 is 9.64 Å². The zero-order valence-corrected chi connectivity index (χ0v) is 10.8. The van der Waals surface area contributed by atoms with Crippen LogP contribution in [0.25, 0.3) is 0 Å². The van der Waals surface area contributed by atoms with Crippen LogP contribution in [0.5, 0.6) is 5.75 Å². The molecule has 3 heteroatoms. The zero-order chi connectivity index (χ0) is 10.7. The topological polar surface area (TPSA) is 12.5 Å². The van der Waals surface area contributed by atoms with Gasteiger partial charge in [-0.25, -0.2) is 0 Å². The van der Waals surface area contributed by atoms with Gasteiger partial charge in [0.1, 0.15) is 5.75 Å². The zero-order valence-electron chi connectivity index (χ0n) is 9.98. The Morgan fingerprint density at radius 2 is 1.94 bits per heavy atom. The van der Waals surface area contributed by atoms with Crippen molar-refractivity contribution < 1.29 is 4.74 Å². The quantitative estimate of drug-likeness (QED) is 0.790. The number of ether oxygens (including phenoxy) is 1. The number of hydrogen-bond donors (Lipinski definition) is 0. The van der Waals surface area contributed by atoms with Crippen molar-refractivity contribution in [2.45, 2.75) is 18.8 Å². The fraction of sp³-hybridized carbons (Fsp3) is 0.538. The van der Waals surface area contributed by atoms with Crippen molar-refractivity contribution >= 4 is 12.4 Å². The lowest BCUT2D eigenvalue weighted by Crippen LogP contribution is -2.29. The molecule has 0 unspecified atom stereocenters. The maximum atomic E-state index is 5.26. The summed E-state index contributed by atoms with van der Waals surface area (Å²) < 4.78 is 5.26. The van der Waals surface area contributed by atoms with Gasteiger partial charge in [-0.05, 0) is 56.6 Å². The third-order valence-corrected chi connectivity index (χ3v) is 3.28. The van der Waals surface area contributed by atoms with Gasteiger partial charge in [0.25, 0.3) is 0 Å². The number of rotatable bonds is 2. The van der Waals surface area contributed by atoms with Gasteiger partial charge in [0, 0.05) is 0 Å². The lowest BCUT2D eigenvalue weighted by Gasteiger charge is -2.29. The second-order valence-electron chi connectivity index (χ2n) is 4.35. The number of methoxy groups -OCH3 is 1. The van der Waals surface area contributed by atoms with Crippen LogP contribution in [0.4, 0.5) is 0 Å². The number of halogens is 1. The molecule has 1 aromatic rings. The number of likely N-dealkylation sites (tertiary alicyclic amines) is 1. The molecule has 1 heterocycles. The van der Waals surface area contributed by atoms with Gasteiger partial charge in [-0.3, -0.25) is 0 Å². The van der Waals surface area contributed by atoms with Crippen LogP contribution in [0.2, 0.25) is 0 Å². The Morgan fingerprint density at radius 3 is 2.56 bits per heavy atom. The third kappa shape index (κ3) is 3.13. The lowest BCUT2D eigenvalue weighted by molar-refractivity contribution is 0.255. The molecular formula is C13H20ClNO. The van der Waals surface area contributed by atoms with E-state index in [1.807, 2.05) is 6.07 Å². The summed E-state index contributed by atoms with van der Waals surface area (Å²) >= 11 is 0. The molecule has 0 atom stereocenters. The highest BCUT2D eigenvalue weighted by molar-refractivity contribution is 5.85. The van der Waals surface area contributed by atoms with E-state index in [0.717, 1.165) is 11.7 Å². The van der Waals surface area contributed by atoms with E-state index in [0.29, 0.717) is 0 Å². The van der Waals surface area contributed by atoms with Crippen molar-refractivity contribution in [3.8, 4) is 5.75 Å². The van der Waals surface area contributed by atoms with Gasteiger partial charge in [0.2, 0.25) is 0 Å². The minimum Gasteiger partial charge on any atom is -0.497 e. The Bertz CT molecular complexity index is 321. The molecule has 0 N–H and O–H groups in total. The SMILES string of the molecule is COc1cccc(C2CCN(C)CC2)c1.Cl. The van der Waals surface area contributed by atoms with Crippen LogP contribution < -0.4 is 4.74 Å². The first-order valence-electron chi connectivity index (χ1n) is 5.62. The summed E-state index contributed by atoms with van der Waals surface area (Å²) in [5.41, 5.74) is 1.43. The van der Waals surface area contributed by atoms with Crippen molar-refractivity contribution in [2.24, 2.45) is 0 Å².